The maximum atomic E-state index is 12.1. The zero-order valence-electron chi connectivity index (χ0n) is 12.3. The highest BCUT2D eigenvalue weighted by Crippen LogP contribution is 2.25. The topological polar surface area (TPSA) is 47.0 Å². The minimum atomic E-state index is -4.19. The van der Waals surface area contributed by atoms with Crippen LogP contribution in [0.15, 0.2) is 23.0 Å². The highest BCUT2D eigenvalue weighted by molar-refractivity contribution is 5.84. The average molecular weight is 304 g/mol. The van der Waals surface area contributed by atoms with E-state index in [4.69, 9.17) is 4.74 Å². The maximum absolute atomic E-state index is 12.1. The summed E-state index contributed by atoms with van der Waals surface area (Å²) < 4.78 is 42.9. The molecule has 1 N–H and O–H groups in total. The molecule has 4 nitrogen and oxygen atoms in total. The van der Waals surface area contributed by atoms with Gasteiger partial charge < -0.3 is 4.74 Å². The van der Waals surface area contributed by atoms with Crippen LogP contribution in [0.25, 0.3) is 10.9 Å². The second-order valence-corrected chi connectivity index (χ2v) is 4.17. The predicted molar refractivity (Wildman–Crippen MR) is 75.7 cm³/mol. The second-order valence-electron chi connectivity index (χ2n) is 4.17. The molecule has 0 aliphatic carbocycles. The number of H-pyrrole nitrogens is 1. The molecule has 0 saturated carbocycles. The van der Waals surface area contributed by atoms with E-state index in [0.29, 0.717) is 16.7 Å². The van der Waals surface area contributed by atoms with Crippen LogP contribution in [0.5, 0.6) is 5.75 Å². The number of hydrogen-bond donors (Lipinski definition) is 1. The van der Waals surface area contributed by atoms with Crippen molar-refractivity contribution in [2.24, 2.45) is 0 Å². The lowest BCUT2D eigenvalue weighted by Gasteiger charge is -2.09. The standard InChI is InChI=1S/C12H13F3N2O2.C2H6/c1-19-9-5-2-4-8-10(9)17(16-11(8)18)7-3-6-12(13,14)15;1-2/h2,4-5H,3,6-7H2,1H3,(H,16,18);1-2H3. The van der Waals surface area contributed by atoms with Gasteiger partial charge in [0, 0.05) is 13.0 Å². The van der Waals surface area contributed by atoms with Gasteiger partial charge in [-0.05, 0) is 18.6 Å². The Kier molecular flexibility index (Phi) is 5.87. The molecule has 0 saturated heterocycles. The molecule has 0 amide bonds. The number of benzene rings is 1. The number of aromatic amines is 1. The fraction of sp³-hybridized carbons (Fsp3) is 0.500. The molecule has 1 aromatic heterocycles. The van der Waals surface area contributed by atoms with Crippen LogP contribution in [0.3, 0.4) is 0 Å². The van der Waals surface area contributed by atoms with Gasteiger partial charge in [-0.25, -0.2) is 0 Å². The molecule has 0 radical (unpaired) electrons. The molecule has 118 valence electrons. The Hall–Kier alpha value is -1.92. The van der Waals surface area contributed by atoms with Gasteiger partial charge in [0.15, 0.2) is 0 Å². The highest BCUT2D eigenvalue weighted by Gasteiger charge is 2.26. The Balaban J connectivity index is 0.00000106. The average Bonchev–Trinajstić information content (AvgIpc) is 2.77. The van der Waals surface area contributed by atoms with E-state index in [1.54, 1.807) is 18.2 Å². The quantitative estimate of drug-likeness (QED) is 0.936. The van der Waals surface area contributed by atoms with Gasteiger partial charge in [-0.15, -0.1) is 0 Å². The normalized spacial score (nSPS) is 11.1. The Bertz CT molecular complexity index is 629. The zero-order chi connectivity index (χ0) is 16.0. The Morgan fingerprint density at radius 1 is 1.29 bits per heavy atom. The molecule has 0 aliphatic heterocycles. The lowest BCUT2D eigenvalue weighted by molar-refractivity contribution is -0.135. The van der Waals surface area contributed by atoms with Crippen molar-refractivity contribution < 1.29 is 17.9 Å². The number of aromatic nitrogens is 2. The van der Waals surface area contributed by atoms with Crippen LogP contribution in [0.4, 0.5) is 13.2 Å². The molecule has 1 aromatic carbocycles. The van der Waals surface area contributed by atoms with Gasteiger partial charge in [-0.3, -0.25) is 14.6 Å². The number of fused-ring (bicyclic) bond motifs is 1. The Morgan fingerprint density at radius 2 is 1.95 bits per heavy atom. The van der Waals surface area contributed by atoms with Crippen molar-refractivity contribution in [3.8, 4) is 5.75 Å². The number of alkyl halides is 3. The molecule has 0 bridgehead atoms. The fourth-order valence-corrected chi connectivity index (χ4v) is 1.99. The summed E-state index contributed by atoms with van der Waals surface area (Å²) in [5.41, 5.74) is 0.165. The van der Waals surface area contributed by atoms with E-state index in [2.05, 4.69) is 5.10 Å². The molecule has 1 heterocycles. The number of aryl methyl sites for hydroxylation is 1. The van der Waals surface area contributed by atoms with Crippen LogP contribution in [-0.4, -0.2) is 23.1 Å². The van der Waals surface area contributed by atoms with Crippen molar-refractivity contribution in [1.82, 2.24) is 9.78 Å². The summed E-state index contributed by atoms with van der Waals surface area (Å²) in [4.78, 5) is 11.7. The number of hydrogen-bond acceptors (Lipinski definition) is 2. The first kappa shape index (κ1) is 17.1. The van der Waals surface area contributed by atoms with Crippen LogP contribution in [0, 0.1) is 0 Å². The Morgan fingerprint density at radius 3 is 2.52 bits per heavy atom. The molecule has 21 heavy (non-hydrogen) atoms. The molecular formula is C14H19F3N2O2. The summed E-state index contributed by atoms with van der Waals surface area (Å²) in [5, 5.41) is 2.94. The SMILES string of the molecule is CC.COc1cccc2c(=O)[nH]n(CCCC(F)(F)F)c12. The molecule has 0 fully saturated rings. The third-order valence-electron chi connectivity index (χ3n) is 2.81. The fourth-order valence-electron chi connectivity index (χ4n) is 1.99. The highest BCUT2D eigenvalue weighted by atomic mass is 19.4. The van der Waals surface area contributed by atoms with Gasteiger partial charge in [0.2, 0.25) is 0 Å². The van der Waals surface area contributed by atoms with E-state index in [0.717, 1.165) is 0 Å². The van der Waals surface area contributed by atoms with Crippen LogP contribution >= 0.6 is 0 Å². The maximum Gasteiger partial charge on any atom is 0.389 e. The summed E-state index contributed by atoms with van der Waals surface area (Å²) in [5.74, 6) is 0.461. The van der Waals surface area contributed by atoms with Gasteiger partial charge in [0.05, 0.1) is 12.5 Å². The van der Waals surface area contributed by atoms with E-state index < -0.39 is 12.6 Å². The summed E-state index contributed by atoms with van der Waals surface area (Å²) >= 11 is 0. The number of para-hydroxylation sites is 1. The van der Waals surface area contributed by atoms with Gasteiger partial charge in [-0.1, -0.05) is 19.9 Å². The van der Waals surface area contributed by atoms with E-state index >= 15 is 0 Å². The lowest BCUT2D eigenvalue weighted by atomic mass is 10.2. The third kappa shape index (κ3) is 4.27. The number of rotatable bonds is 4. The van der Waals surface area contributed by atoms with Crippen molar-refractivity contribution >= 4 is 10.9 Å². The first-order valence-electron chi connectivity index (χ1n) is 6.74. The number of methoxy groups -OCH3 is 1. The second kappa shape index (κ2) is 7.19. The minimum Gasteiger partial charge on any atom is -0.494 e. The smallest absolute Gasteiger partial charge is 0.389 e. The van der Waals surface area contributed by atoms with Gasteiger partial charge in [0.25, 0.3) is 5.56 Å². The zero-order valence-corrected chi connectivity index (χ0v) is 12.3. The summed E-state index contributed by atoms with van der Waals surface area (Å²) in [6, 6.07) is 4.93. The number of halogens is 3. The molecule has 2 rings (SSSR count). The summed E-state index contributed by atoms with van der Waals surface area (Å²) in [7, 11) is 1.45. The van der Waals surface area contributed by atoms with E-state index in [-0.39, 0.29) is 18.5 Å². The van der Waals surface area contributed by atoms with Crippen molar-refractivity contribution in [2.75, 3.05) is 7.11 Å². The monoisotopic (exact) mass is 304 g/mol. The minimum absolute atomic E-state index is 0.0820. The van der Waals surface area contributed by atoms with Crippen molar-refractivity contribution in [2.45, 2.75) is 39.4 Å². The third-order valence-corrected chi connectivity index (χ3v) is 2.81. The molecular weight excluding hydrogens is 285 g/mol. The predicted octanol–water partition coefficient (Wildman–Crippen LogP) is 3.71. The molecule has 0 aliphatic rings. The first-order valence-corrected chi connectivity index (χ1v) is 6.74. The van der Waals surface area contributed by atoms with Gasteiger partial charge in [-0.2, -0.15) is 13.2 Å². The summed E-state index contributed by atoms with van der Waals surface area (Å²) in [6.45, 7) is 4.08. The molecule has 0 spiro atoms. The molecule has 7 heteroatoms. The van der Waals surface area contributed by atoms with Crippen molar-refractivity contribution in [3.05, 3.63) is 28.6 Å². The summed E-state index contributed by atoms with van der Waals surface area (Å²) in [6.07, 6.45) is -5.17. The number of ether oxygens (including phenoxy) is 1. The van der Waals surface area contributed by atoms with E-state index in [9.17, 15) is 18.0 Å². The largest absolute Gasteiger partial charge is 0.494 e. The van der Waals surface area contributed by atoms with E-state index in [1.807, 2.05) is 13.8 Å². The van der Waals surface area contributed by atoms with Crippen LogP contribution < -0.4 is 10.3 Å². The molecule has 2 aromatic rings. The van der Waals surface area contributed by atoms with Crippen LogP contribution in [0.2, 0.25) is 0 Å². The van der Waals surface area contributed by atoms with E-state index in [1.165, 1.54) is 11.8 Å². The molecule has 0 atom stereocenters. The van der Waals surface area contributed by atoms with Gasteiger partial charge >= 0.3 is 6.18 Å². The number of nitrogens with zero attached hydrogens (tertiary/aromatic N) is 1. The number of nitrogens with one attached hydrogen (secondary N) is 1. The van der Waals surface area contributed by atoms with Crippen molar-refractivity contribution in [3.63, 3.8) is 0 Å². The van der Waals surface area contributed by atoms with Crippen LogP contribution in [-0.2, 0) is 6.54 Å². The van der Waals surface area contributed by atoms with Crippen molar-refractivity contribution in [1.29, 1.82) is 0 Å². The molecule has 0 unspecified atom stereocenters. The Labute approximate surface area is 120 Å². The van der Waals surface area contributed by atoms with Gasteiger partial charge in [0.1, 0.15) is 11.3 Å². The van der Waals surface area contributed by atoms with Crippen LogP contribution in [0.1, 0.15) is 26.7 Å². The first-order chi connectivity index (χ1) is 9.92. The lowest BCUT2D eigenvalue weighted by Crippen LogP contribution is -2.11.